The molecule has 1 aromatic heterocycles. The van der Waals surface area contributed by atoms with Gasteiger partial charge in [0, 0.05) is 0 Å². The number of benzene rings is 1. The van der Waals surface area contributed by atoms with Crippen molar-refractivity contribution >= 4 is 33.0 Å². The van der Waals surface area contributed by atoms with Gasteiger partial charge in [-0.2, -0.15) is 4.98 Å². The van der Waals surface area contributed by atoms with Crippen molar-refractivity contribution in [3.8, 4) is 0 Å². The summed E-state index contributed by atoms with van der Waals surface area (Å²) in [5.41, 5.74) is 5.18. The molecule has 0 saturated carbocycles. The molecule has 0 amide bonds. The fraction of sp³-hybridized carbons (Fsp3) is 0.364. The highest BCUT2D eigenvalue weighted by molar-refractivity contribution is 9.10. The maximum atomic E-state index is 5.42. The molecule has 4 nitrogen and oxygen atoms in total. The molecule has 2 aromatic rings. The molecule has 2 rings (SSSR count). The highest BCUT2D eigenvalue weighted by Gasteiger charge is 2.18. The Morgan fingerprint density at radius 3 is 2.62 bits per heavy atom. The number of hydrogen-bond acceptors (Lipinski definition) is 4. The molecule has 86 valence electrons. The van der Waals surface area contributed by atoms with Crippen molar-refractivity contribution in [3.05, 3.63) is 22.2 Å². The molecule has 0 aliphatic carbocycles. The Kier molecular flexibility index (Phi) is 2.67. The summed E-state index contributed by atoms with van der Waals surface area (Å²) in [6.45, 7) is 6.47. The first-order valence-electron chi connectivity index (χ1n) is 4.99. The fourth-order valence-corrected chi connectivity index (χ4v) is 2.02. The number of aromatic nitrogens is 1. The molecule has 16 heavy (non-hydrogen) atoms. The van der Waals surface area contributed by atoms with E-state index in [1.807, 2.05) is 12.1 Å². The topological polar surface area (TPSA) is 64.1 Å². The van der Waals surface area contributed by atoms with Crippen LogP contribution in [-0.2, 0) is 5.41 Å². The third-order valence-electron chi connectivity index (χ3n) is 2.43. The van der Waals surface area contributed by atoms with E-state index in [-0.39, 0.29) is 5.41 Å². The number of halogens is 1. The smallest absolute Gasteiger partial charge is 0.310 e. The van der Waals surface area contributed by atoms with Crippen molar-refractivity contribution in [1.29, 1.82) is 0 Å². The quantitative estimate of drug-likeness (QED) is 0.623. The Morgan fingerprint density at radius 2 is 2.06 bits per heavy atom. The van der Waals surface area contributed by atoms with Crippen molar-refractivity contribution in [2.24, 2.45) is 5.84 Å². The van der Waals surface area contributed by atoms with E-state index < -0.39 is 0 Å². The zero-order valence-electron chi connectivity index (χ0n) is 9.47. The van der Waals surface area contributed by atoms with Gasteiger partial charge < -0.3 is 4.42 Å². The zero-order valence-corrected chi connectivity index (χ0v) is 11.1. The van der Waals surface area contributed by atoms with E-state index >= 15 is 0 Å². The number of nitrogens with two attached hydrogens (primary N) is 1. The standard InChI is InChI=1S/C11H14BrN3O/c1-11(2,3)6-4-7(12)9-8(5-6)14-10(15-13)16-9/h4-5H,13H2,1-3H3,(H,14,15). The molecular formula is C11H14BrN3O. The van der Waals surface area contributed by atoms with Crippen molar-refractivity contribution < 1.29 is 4.42 Å². The van der Waals surface area contributed by atoms with Crippen molar-refractivity contribution in [3.63, 3.8) is 0 Å². The van der Waals surface area contributed by atoms with Gasteiger partial charge in [0.1, 0.15) is 5.52 Å². The largest absolute Gasteiger partial charge is 0.421 e. The molecule has 5 heteroatoms. The first-order valence-corrected chi connectivity index (χ1v) is 5.78. The summed E-state index contributed by atoms with van der Waals surface area (Å²) in [5.74, 6) is 5.27. The Morgan fingerprint density at radius 1 is 1.38 bits per heavy atom. The molecule has 0 fully saturated rings. The number of nitrogens with zero attached hydrogens (tertiary/aromatic N) is 1. The zero-order chi connectivity index (χ0) is 11.9. The lowest BCUT2D eigenvalue weighted by atomic mass is 9.87. The first-order chi connectivity index (χ1) is 7.41. The van der Waals surface area contributed by atoms with Gasteiger partial charge in [-0.1, -0.05) is 20.8 Å². The lowest BCUT2D eigenvalue weighted by molar-refractivity contribution is 0.589. The predicted octanol–water partition coefficient (Wildman–Crippen LogP) is 3.17. The van der Waals surface area contributed by atoms with Crippen LogP contribution >= 0.6 is 15.9 Å². The van der Waals surface area contributed by atoms with E-state index in [1.165, 1.54) is 5.56 Å². The molecule has 1 heterocycles. The van der Waals surface area contributed by atoms with Crippen LogP contribution in [0.5, 0.6) is 0 Å². The summed E-state index contributed by atoms with van der Waals surface area (Å²) >= 11 is 3.48. The van der Waals surface area contributed by atoms with Gasteiger partial charge in [0.15, 0.2) is 5.58 Å². The van der Waals surface area contributed by atoms with Gasteiger partial charge in [0.05, 0.1) is 4.47 Å². The molecule has 0 spiro atoms. The van der Waals surface area contributed by atoms with Gasteiger partial charge in [-0.15, -0.1) is 0 Å². The second kappa shape index (κ2) is 3.75. The predicted molar refractivity (Wildman–Crippen MR) is 68.2 cm³/mol. The maximum absolute atomic E-state index is 5.42. The average molecular weight is 284 g/mol. The van der Waals surface area contributed by atoms with Crippen LogP contribution in [0.1, 0.15) is 26.3 Å². The summed E-state index contributed by atoms with van der Waals surface area (Å²) < 4.78 is 6.31. The minimum atomic E-state index is 0.0754. The highest BCUT2D eigenvalue weighted by atomic mass is 79.9. The van der Waals surface area contributed by atoms with Crippen LogP contribution in [0.2, 0.25) is 0 Å². The van der Waals surface area contributed by atoms with E-state index in [1.54, 1.807) is 0 Å². The number of hydrazine groups is 1. The minimum Gasteiger partial charge on any atom is -0.421 e. The molecule has 0 unspecified atom stereocenters. The Hall–Kier alpha value is -1.07. The van der Waals surface area contributed by atoms with E-state index in [0.717, 1.165) is 9.99 Å². The molecule has 0 radical (unpaired) electrons. The second-order valence-corrected chi connectivity index (χ2v) is 5.57. The van der Waals surface area contributed by atoms with E-state index in [9.17, 15) is 0 Å². The van der Waals surface area contributed by atoms with Crippen LogP contribution in [0, 0.1) is 0 Å². The third-order valence-corrected chi connectivity index (χ3v) is 3.02. The molecule has 1 aromatic carbocycles. The molecule has 0 bridgehead atoms. The second-order valence-electron chi connectivity index (χ2n) is 4.72. The first kappa shape index (κ1) is 11.4. The van der Waals surface area contributed by atoms with Crippen LogP contribution < -0.4 is 11.3 Å². The van der Waals surface area contributed by atoms with Crippen LogP contribution in [0.15, 0.2) is 21.0 Å². The Bertz CT molecular complexity index is 528. The molecular weight excluding hydrogens is 270 g/mol. The lowest BCUT2D eigenvalue weighted by Gasteiger charge is -2.18. The minimum absolute atomic E-state index is 0.0754. The van der Waals surface area contributed by atoms with E-state index in [0.29, 0.717) is 11.6 Å². The number of nitrogen functional groups attached to an aromatic ring is 1. The molecule has 3 N–H and O–H groups in total. The van der Waals surface area contributed by atoms with Crippen molar-refractivity contribution in [2.45, 2.75) is 26.2 Å². The van der Waals surface area contributed by atoms with Gasteiger partial charge in [-0.3, -0.25) is 5.43 Å². The van der Waals surface area contributed by atoms with Crippen LogP contribution in [0.25, 0.3) is 11.1 Å². The fourth-order valence-electron chi connectivity index (χ4n) is 1.49. The Balaban J connectivity index is 2.67. The Labute approximate surface area is 102 Å². The summed E-state index contributed by atoms with van der Waals surface area (Å²) in [4.78, 5) is 4.23. The molecule has 0 atom stereocenters. The monoisotopic (exact) mass is 283 g/mol. The maximum Gasteiger partial charge on any atom is 0.310 e. The normalized spacial score (nSPS) is 12.1. The average Bonchev–Trinajstić information content (AvgIpc) is 2.59. The summed E-state index contributed by atoms with van der Waals surface area (Å²) in [6.07, 6.45) is 0. The lowest BCUT2D eigenvalue weighted by Crippen LogP contribution is -2.10. The highest BCUT2D eigenvalue weighted by Crippen LogP contribution is 2.32. The number of anilines is 1. The van der Waals surface area contributed by atoms with Crippen molar-refractivity contribution in [1.82, 2.24) is 4.98 Å². The molecule has 0 saturated heterocycles. The van der Waals surface area contributed by atoms with E-state index in [4.69, 9.17) is 10.3 Å². The van der Waals surface area contributed by atoms with Crippen LogP contribution in [-0.4, -0.2) is 4.98 Å². The van der Waals surface area contributed by atoms with Crippen molar-refractivity contribution in [2.75, 3.05) is 5.43 Å². The van der Waals surface area contributed by atoms with Gasteiger partial charge >= 0.3 is 6.01 Å². The van der Waals surface area contributed by atoms with Crippen LogP contribution in [0.4, 0.5) is 6.01 Å². The molecule has 0 aliphatic heterocycles. The number of hydrogen-bond donors (Lipinski definition) is 2. The van der Waals surface area contributed by atoms with Gasteiger partial charge in [0.25, 0.3) is 0 Å². The number of rotatable bonds is 1. The van der Waals surface area contributed by atoms with Crippen LogP contribution in [0.3, 0.4) is 0 Å². The number of fused-ring (bicyclic) bond motifs is 1. The van der Waals surface area contributed by atoms with Gasteiger partial charge in [0.2, 0.25) is 0 Å². The summed E-state index contributed by atoms with van der Waals surface area (Å²) in [6, 6.07) is 4.39. The summed E-state index contributed by atoms with van der Waals surface area (Å²) in [5, 5.41) is 0. The van der Waals surface area contributed by atoms with E-state index in [2.05, 4.69) is 47.1 Å². The molecule has 0 aliphatic rings. The van der Waals surface area contributed by atoms with Gasteiger partial charge in [-0.05, 0) is 39.0 Å². The van der Waals surface area contributed by atoms with Gasteiger partial charge in [-0.25, -0.2) is 5.84 Å². The summed E-state index contributed by atoms with van der Waals surface area (Å²) in [7, 11) is 0. The third kappa shape index (κ3) is 1.92. The number of nitrogens with one attached hydrogen (secondary N) is 1. The number of oxazole rings is 1. The SMILES string of the molecule is CC(C)(C)c1cc(Br)c2oc(NN)nc2c1.